The van der Waals surface area contributed by atoms with Crippen LogP contribution in [0.5, 0.6) is 0 Å². The van der Waals surface area contributed by atoms with Crippen molar-refractivity contribution in [2.75, 3.05) is 10.6 Å². The van der Waals surface area contributed by atoms with Gasteiger partial charge in [0.25, 0.3) is 20.2 Å². The van der Waals surface area contributed by atoms with E-state index >= 15 is 0 Å². The van der Waals surface area contributed by atoms with Gasteiger partial charge in [-0.3, -0.25) is 18.7 Å². The van der Waals surface area contributed by atoms with Crippen molar-refractivity contribution in [3.63, 3.8) is 0 Å². The maximum absolute atomic E-state index is 12.8. The second-order valence-electron chi connectivity index (χ2n) is 8.06. The van der Waals surface area contributed by atoms with Crippen LogP contribution >= 0.6 is 0 Å². The molecule has 0 amide bonds. The first-order valence-electron chi connectivity index (χ1n) is 10.3. The lowest BCUT2D eigenvalue weighted by molar-refractivity contribution is 0.103. The third-order valence-electron chi connectivity index (χ3n) is 5.63. The SMILES string of the molecule is O=C1C(=Cc2cccc(C=C3Nc4ccc(S(=O)(=O)O)cc4C3=O)c2)Nc2ccc(S(=O)(=O)O)cc21. The van der Waals surface area contributed by atoms with E-state index in [0.717, 1.165) is 12.1 Å². The van der Waals surface area contributed by atoms with E-state index in [1.165, 1.54) is 24.3 Å². The Morgan fingerprint density at radius 2 is 1.03 bits per heavy atom. The fourth-order valence-electron chi connectivity index (χ4n) is 3.93. The molecule has 2 heterocycles. The van der Waals surface area contributed by atoms with Crippen molar-refractivity contribution in [2.45, 2.75) is 9.79 Å². The molecule has 0 aromatic heterocycles. The van der Waals surface area contributed by atoms with Gasteiger partial charge in [-0.1, -0.05) is 18.2 Å². The summed E-state index contributed by atoms with van der Waals surface area (Å²) in [5, 5.41) is 5.85. The largest absolute Gasteiger partial charge is 0.352 e. The van der Waals surface area contributed by atoms with Crippen LogP contribution in [0.4, 0.5) is 11.4 Å². The molecule has 36 heavy (non-hydrogen) atoms. The average Bonchev–Trinajstić information content (AvgIpc) is 3.28. The average molecular weight is 525 g/mol. The minimum atomic E-state index is -4.46. The normalized spacial score (nSPS) is 17.2. The van der Waals surface area contributed by atoms with Gasteiger partial charge < -0.3 is 10.6 Å². The van der Waals surface area contributed by atoms with E-state index in [1.54, 1.807) is 36.4 Å². The fourth-order valence-corrected chi connectivity index (χ4v) is 4.94. The minimum Gasteiger partial charge on any atom is -0.352 e. The Morgan fingerprint density at radius 3 is 1.42 bits per heavy atom. The summed E-state index contributed by atoms with van der Waals surface area (Å²) in [4.78, 5) is 24.8. The number of hydrogen-bond donors (Lipinski definition) is 4. The number of benzene rings is 3. The summed E-state index contributed by atoms with van der Waals surface area (Å²) >= 11 is 0. The lowest BCUT2D eigenvalue weighted by Gasteiger charge is -2.02. The van der Waals surface area contributed by atoms with Gasteiger partial charge in [-0.25, -0.2) is 0 Å². The van der Waals surface area contributed by atoms with Crippen molar-refractivity contribution in [2.24, 2.45) is 0 Å². The third kappa shape index (κ3) is 4.33. The number of nitrogens with one attached hydrogen (secondary N) is 2. The topological polar surface area (TPSA) is 167 Å². The highest BCUT2D eigenvalue weighted by molar-refractivity contribution is 7.86. The molecule has 0 fully saturated rings. The highest BCUT2D eigenvalue weighted by Crippen LogP contribution is 2.33. The first-order chi connectivity index (χ1) is 16.9. The van der Waals surface area contributed by atoms with Gasteiger partial charge in [-0.2, -0.15) is 16.8 Å². The van der Waals surface area contributed by atoms with E-state index in [-0.39, 0.29) is 32.3 Å². The van der Waals surface area contributed by atoms with Crippen molar-refractivity contribution in [3.8, 4) is 0 Å². The van der Waals surface area contributed by atoms with Gasteiger partial charge in [0.15, 0.2) is 0 Å². The predicted octanol–water partition coefficient (Wildman–Crippen LogP) is 3.48. The lowest BCUT2D eigenvalue weighted by Crippen LogP contribution is -2.02. The molecular weight excluding hydrogens is 508 g/mol. The molecule has 0 unspecified atom stereocenters. The molecule has 2 aliphatic heterocycles. The monoisotopic (exact) mass is 524 g/mol. The third-order valence-corrected chi connectivity index (χ3v) is 7.33. The molecule has 3 aromatic rings. The van der Waals surface area contributed by atoms with Crippen molar-refractivity contribution in [1.82, 2.24) is 0 Å². The molecule has 0 spiro atoms. The lowest BCUT2D eigenvalue weighted by atomic mass is 10.1. The Bertz CT molecular complexity index is 1640. The van der Waals surface area contributed by atoms with Crippen LogP contribution in [-0.4, -0.2) is 37.5 Å². The minimum absolute atomic E-state index is 0.109. The van der Waals surface area contributed by atoms with Crippen LogP contribution < -0.4 is 10.6 Å². The molecule has 0 aliphatic carbocycles. The van der Waals surface area contributed by atoms with Crippen LogP contribution in [0.15, 0.2) is 81.8 Å². The molecule has 4 N–H and O–H groups in total. The summed E-state index contributed by atoms with van der Waals surface area (Å²) in [6.45, 7) is 0. The van der Waals surface area contributed by atoms with Crippen molar-refractivity contribution in [1.29, 1.82) is 0 Å². The Balaban J connectivity index is 1.42. The number of Topliss-reactive ketones (excluding diaryl/α,β-unsaturated/α-hetero) is 2. The molecule has 2 aliphatic rings. The van der Waals surface area contributed by atoms with E-state index in [0.29, 0.717) is 22.5 Å². The van der Waals surface area contributed by atoms with Crippen molar-refractivity contribution < 1.29 is 35.5 Å². The zero-order chi connectivity index (χ0) is 25.8. The number of carbonyl (C=O) groups excluding carboxylic acids is 2. The van der Waals surface area contributed by atoms with Gasteiger partial charge in [0, 0.05) is 22.5 Å². The van der Waals surface area contributed by atoms with Crippen LogP contribution in [0, 0.1) is 0 Å². The highest BCUT2D eigenvalue weighted by atomic mass is 32.2. The maximum Gasteiger partial charge on any atom is 0.294 e. The second kappa shape index (κ2) is 8.24. The van der Waals surface area contributed by atoms with Gasteiger partial charge in [0.2, 0.25) is 11.6 Å². The number of rotatable bonds is 4. The van der Waals surface area contributed by atoms with Crippen LogP contribution in [-0.2, 0) is 20.2 Å². The van der Waals surface area contributed by atoms with E-state index in [2.05, 4.69) is 10.6 Å². The molecule has 5 rings (SSSR count). The number of ketones is 2. The van der Waals surface area contributed by atoms with Gasteiger partial charge in [-0.15, -0.1) is 0 Å². The zero-order valence-electron chi connectivity index (χ0n) is 18.1. The van der Waals surface area contributed by atoms with Crippen molar-refractivity contribution in [3.05, 3.63) is 94.3 Å². The zero-order valence-corrected chi connectivity index (χ0v) is 19.7. The van der Waals surface area contributed by atoms with E-state index in [9.17, 15) is 35.5 Å². The van der Waals surface area contributed by atoms with Gasteiger partial charge in [0.05, 0.1) is 21.2 Å². The summed E-state index contributed by atoms with van der Waals surface area (Å²) in [7, 11) is -8.91. The Labute approximate surface area is 205 Å². The quantitative estimate of drug-likeness (QED) is 0.293. The van der Waals surface area contributed by atoms with E-state index in [1.807, 2.05) is 0 Å². The van der Waals surface area contributed by atoms with Gasteiger partial charge >= 0.3 is 0 Å². The smallest absolute Gasteiger partial charge is 0.294 e. The van der Waals surface area contributed by atoms with E-state index in [4.69, 9.17) is 0 Å². The Kier molecular flexibility index (Phi) is 5.41. The van der Waals surface area contributed by atoms with Gasteiger partial charge in [-0.05, 0) is 65.7 Å². The van der Waals surface area contributed by atoms with Gasteiger partial charge in [0.1, 0.15) is 0 Å². The Hall–Kier alpha value is -4.10. The second-order valence-corrected chi connectivity index (χ2v) is 10.9. The molecule has 182 valence electrons. The molecule has 0 atom stereocenters. The van der Waals surface area contributed by atoms with Crippen LogP contribution in [0.1, 0.15) is 31.8 Å². The number of anilines is 2. The summed E-state index contributed by atoms with van der Waals surface area (Å²) < 4.78 is 64.0. The molecule has 10 nitrogen and oxygen atoms in total. The number of allylic oxidation sites excluding steroid dienone is 2. The maximum atomic E-state index is 12.8. The molecule has 0 saturated carbocycles. The van der Waals surface area contributed by atoms with Crippen LogP contribution in [0.3, 0.4) is 0 Å². The number of carbonyl (C=O) groups is 2. The Morgan fingerprint density at radius 1 is 0.611 bits per heavy atom. The van der Waals surface area contributed by atoms with Crippen molar-refractivity contribution >= 4 is 55.3 Å². The standard InChI is InChI=1S/C24H16N2O8S2/c27-23-17-11-15(35(29,30)31)4-6-19(17)25-21(23)9-13-2-1-3-14(8-13)10-22-24(28)18-12-16(36(32,33)34)5-7-20(18)26-22/h1-12,25-26H,(H,29,30,31)(H,32,33,34). The molecule has 0 radical (unpaired) electrons. The van der Waals surface area contributed by atoms with Crippen LogP contribution in [0.25, 0.3) is 12.2 Å². The summed E-state index contributed by atoms with van der Waals surface area (Å²) in [5.74, 6) is -0.894. The molecule has 0 saturated heterocycles. The van der Waals surface area contributed by atoms with E-state index < -0.39 is 31.8 Å². The molecular formula is C24H16N2O8S2. The predicted molar refractivity (Wildman–Crippen MR) is 131 cm³/mol. The molecule has 0 bridgehead atoms. The summed E-state index contributed by atoms with van der Waals surface area (Å²) in [6.07, 6.45) is 3.13. The fraction of sp³-hybridized carbons (Fsp3) is 0. The first kappa shape index (κ1) is 23.6. The molecule has 12 heteroatoms. The summed E-state index contributed by atoms with van der Waals surface area (Å²) in [5.41, 5.74) is 2.64. The highest BCUT2D eigenvalue weighted by Gasteiger charge is 2.28. The van der Waals surface area contributed by atoms with Crippen LogP contribution in [0.2, 0.25) is 0 Å². The molecule has 3 aromatic carbocycles. The number of hydrogen-bond acceptors (Lipinski definition) is 8. The first-order valence-corrected chi connectivity index (χ1v) is 13.2. The summed E-state index contributed by atoms with van der Waals surface area (Å²) in [6, 6.07) is 14.2. The number of fused-ring (bicyclic) bond motifs is 2.